The van der Waals surface area contributed by atoms with E-state index in [4.69, 9.17) is 28.0 Å². The third kappa shape index (κ3) is 8.75. The molecule has 0 aliphatic heterocycles. The van der Waals surface area contributed by atoms with Gasteiger partial charge in [0.2, 0.25) is 0 Å². The van der Waals surface area contributed by atoms with Crippen LogP contribution in [0.25, 0.3) is 0 Å². The standard InChI is InChI=1S/C10H12O.5CO.Cr/c1-7-8-3-4-9(5-8)10(7)6-11-2;5*1-2;/h3-4,8-9H,5H2,1-2H3;;;;;;. The van der Waals surface area contributed by atoms with Crippen LogP contribution >= 0.6 is 0 Å². The Morgan fingerprint density at radius 3 is 1.59 bits per heavy atom. The molecule has 0 heterocycles. The molecule has 2 aliphatic rings. The van der Waals surface area contributed by atoms with Crippen molar-refractivity contribution >= 4 is 4.57 Å². The Kier molecular flexibility index (Phi) is 28.5. The zero-order valence-electron chi connectivity index (χ0n) is 11.9. The van der Waals surface area contributed by atoms with Gasteiger partial charge in [0.1, 0.15) is 0 Å². The van der Waals surface area contributed by atoms with E-state index in [9.17, 15) is 0 Å². The zero-order chi connectivity index (χ0) is 18.7. The van der Waals surface area contributed by atoms with Crippen LogP contribution in [0.3, 0.4) is 0 Å². The van der Waals surface area contributed by atoms with E-state index in [2.05, 4.69) is 68.2 Å². The first-order valence-corrected chi connectivity index (χ1v) is 5.87. The van der Waals surface area contributed by atoms with Crippen LogP contribution in [0.5, 0.6) is 0 Å². The van der Waals surface area contributed by atoms with Crippen molar-refractivity contribution < 1.29 is 43.8 Å². The number of allylic oxidation sites excluding steroid dienone is 3. The van der Waals surface area contributed by atoms with E-state index in [1.807, 2.05) is 0 Å². The topological polar surface area (TPSA) is 109 Å². The predicted octanol–water partition coefficient (Wildman–Crippen LogP) is 1.64. The van der Waals surface area contributed by atoms with Crippen molar-refractivity contribution in [2.45, 2.75) is 13.3 Å². The van der Waals surface area contributed by atoms with E-state index in [1.165, 1.54) is 17.6 Å². The molecule has 22 heavy (non-hydrogen) atoms. The summed E-state index contributed by atoms with van der Waals surface area (Å²) in [5.74, 6) is 1.30. The van der Waals surface area contributed by atoms with Gasteiger partial charge in [0, 0.05) is 0 Å². The maximum atomic E-state index is 7.50. The van der Waals surface area contributed by atoms with E-state index >= 15 is 0 Å². The van der Waals surface area contributed by atoms with E-state index in [0.717, 1.165) is 4.57 Å². The summed E-state index contributed by atoms with van der Waals surface area (Å²) in [6.07, 6.45) is 5.87. The summed E-state index contributed by atoms with van der Waals surface area (Å²) < 4.78 is 43.7. The fourth-order valence-electron chi connectivity index (χ4n) is 2.15. The molecule has 0 fully saturated rings. The van der Waals surface area contributed by atoms with Gasteiger partial charge < -0.3 is 0 Å². The molecule has 0 aromatic carbocycles. The normalized spacial score (nSPS) is 17.8. The van der Waals surface area contributed by atoms with Gasteiger partial charge in [0.25, 0.3) is 0 Å². The van der Waals surface area contributed by atoms with Crippen molar-refractivity contribution in [1.82, 2.24) is 0 Å². The molecule has 2 unspecified atom stereocenters. The molecule has 0 saturated heterocycles. The molecule has 2 atom stereocenters. The molecule has 2 aliphatic carbocycles. The van der Waals surface area contributed by atoms with Crippen molar-refractivity contribution in [3.8, 4) is 0 Å². The summed E-state index contributed by atoms with van der Waals surface area (Å²) in [6.45, 7) is 24.7. The van der Waals surface area contributed by atoms with Gasteiger partial charge in [-0.3, -0.25) is 0 Å². The first kappa shape index (κ1) is 28.7. The molecule has 0 N–H and O–H groups in total. The molecule has 0 radical (unpaired) electrons. The molecule has 0 saturated carbocycles. The molecule has 7 heteroatoms. The monoisotopic (exact) mass is 340 g/mol. The van der Waals surface area contributed by atoms with Crippen LogP contribution in [0.15, 0.2) is 23.3 Å². The first-order chi connectivity index (χ1) is 10.7. The summed E-state index contributed by atoms with van der Waals surface area (Å²) in [4.78, 5) is 0. The molecule has 114 valence electrons. The van der Waals surface area contributed by atoms with Gasteiger partial charge in [-0.2, -0.15) is 0 Å². The van der Waals surface area contributed by atoms with Gasteiger partial charge in [-0.25, -0.2) is 0 Å². The van der Waals surface area contributed by atoms with Crippen LogP contribution in [-0.2, 0) is 43.8 Å². The van der Waals surface area contributed by atoms with Gasteiger partial charge in [-0.05, 0) is 0 Å². The second kappa shape index (κ2) is 21.8. The molecule has 2 rings (SSSR count). The molecular formula is C15H12CrO6. The van der Waals surface area contributed by atoms with Crippen molar-refractivity contribution in [1.29, 1.82) is 0 Å². The molecule has 0 amide bonds. The van der Waals surface area contributed by atoms with E-state index in [0.29, 0.717) is 11.8 Å². The van der Waals surface area contributed by atoms with Crippen LogP contribution in [0.1, 0.15) is 13.3 Å². The first-order valence-electron chi connectivity index (χ1n) is 5.23. The molecule has 0 aromatic heterocycles. The Morgan fingerprint density at radius 1 is 0.955 bits per heavy atom. The number of hydrogen-bond acceptors (Lipinski definition) is 1. The summed E-state index contributed by atoms with van der Waals surface area (Å²) in [6, 6.07) is 0. The Hall–Kier alpha value is -1.46. The fourth-order valence-corrected chi connectivity index (χ4v) is 2.64. The van der Waals surface area contributed by atoms with Crippen molar-refractivity contribution in [2.75, 3.05) is 7.11 Å². The average Bonchev–Trinajstić information content (AvgIpc) is 3.24. The van der Waals surface area contributed by atoms with Crippen LogP contribution < -0.4 is 0 Å². The van der Waals surface area contributed by atoms with Gasteiger partial charge in [-0.15, -0.1) is 0 Å². The Balaban J connectivity index is -0.000000139. The third-order valence-corrected chi connectivity index (χ3v) is 3.44. The molecule has 2 bridgehead atoms. The fraction of sp³-hybridized carbons (Fsp3) is 0.333. The Morgan fingerprint density at radius 2 is 1.32 bits per heavy atom. The number of fused-ring (bicyclic) bond motifs is 2. The van der Waals surface area contributed by atoms with Crippen LogP contribution in [0.2, 0.25) is 0 Å². The van der Waals surface area contributed by atoms with E-state index in [-0.39, 0.29) is 0 Å². The zero-order valence-corrected chi connectivity index (χ0v) is 13.1. The van der Waals surface area contributed by atoms with E-state index in [1.54, 1.807) is 7.11 Å². The maximum absolute atomic E-state index is 7.50. The van der Waals surface area contributed by atoms with Crippen molar-refractivity contribution in [2.24, 2.45) is 11.8 Å². The minimum atomic E-state index is 0.617. The average molecular weight is 340 g/mol. The van der Waals surface area contributed by atoms with Crippen molar-refractivity contribution in [3.63, 3.8) is 0 Å². The SMILES string of the molecule is CO[C](=[Cr])C1=C(C)C2C=CC1C2.[C-]#[O+].[C-]#[O+].[C-]#[O+].[C-]#[O+].[C-]#[O+]. The number of hydrogen-bond donors (Lipinski definition) is 0. The summed E-state index contributed by atoms with van der Waals surface area (Å²) in [5, 5.41) is 0. The van der Waals surface area contributed by atoms with Gasteiger partial charge in [0.05, 0.1) is 0 Å². The van der Waals surface area contributed by atoms with Crippen molar-refractivity contribution in [3.05, 3.63) is 56.6 Å². The molecule has 0 aromatic rings. The van der Waals surface area contributed by atoms with Crippen LogP contribution in [0, 0.1) is 45.1 Å². The number of ether oxygens (including phenoxy) is 1. The molecule has 0 spiro atoms. The van der Waals surface area contributed by atoms with Gasteiger partial charge in [0.15, 0.2) is 0 Å². The summed E-state index contributed by atoms with van der Waals surface area (Å²) >= 11 is 2.99. The Labute approximate surface area is 137 Å². The van der Waals surface area contributed by atoms with Gasteiger partial charge in [-0.1, -0.05) is 0 Å². The van der Waals surface area contributed by atoms with Crippen LogP contribution in [-0.4, -0.2) is 11.7 Å². The quantitative estimate of drug-likeness (QED) is 0.425. The summed E-state index contributed by atoms with van der Waals surface area (Å²) in [5.41, 5.74) is 2.88. The second-order valence-electron chi connectivity index (χ2n) is 3.42. The van der Waals surface area contributed by atoms with Crippen LogP contribution in [0.4, 0.5) is 0 Å². The number of methoxy groups -OCH3 is 1. The van der Waals surface area contributed by atoms with Gasteiger partial charge >= 0.3 is 137 Å². The van der Waals surface area contributed by atoms with E-state index < -0.39 is 0 Å². The third-order valence-electron chi connectivity index (χ3n) is 2.84. The Bertz CT molecular complexity index is 444. The summed E-state index contributed by atoms with van der Waals surface area (Å²) in [7, 11) is 1.72. The molecule has 6 nitrogen and oxygen atoms in total. The second-order valence-corrected chi connectivity index (χ2v) is 4.00. The minimum absolute atomic E-state index is 0.617. The number of rotatable bonds is 2. The predicted molar refractivity (Wildman–Crippen MR) is 65.1 cm³/mol. The molecular weight excluding hydrogens is 328 g/mol.